The molecule has 0 saturated carbocycles. The fraction of sp³-hybridized carbons (Fsp3) is 0.273. The fourth-order valence-corrected chi connectivity index (χ4v) is 1.47. The van der Waals surface area contributed by atoms with Crippen LogP contribution in [0.15, 0.2) is 18.2 Å². The zero-order valence-electron chi connectivity index (χ0n) is 9.24. The molecular formula is C11H13ClN2O3. The van der Waals surface area contributed by atoms with Crippen LogP contribution < -0.4 is 11.1 Å². The molecule has 0 aromatic heterocycles. The fourth-order valence-electron chi connectivity index (χ4n) is 1.29. The van der Waals surface area contributed by atoms with Gasteiger partial charge in [0.1, 0.15) is 0 Å². The van der Waals surface area contributed by atoms with Crippen molar-refractivity contribution < 1.29 is 14.7 Å². The molecule has 17 heavy (non-hydrogen) atoms. The zero-order valence-corrected chi connectivity index (χ0v) is 9.99. The van der Waals surface area contributed by atoms with Gasteiger partial charge < -0.3 is 16.2 Å². The highest BCUT2D eigenvalue weighted by Crippen LogP contribution is 2.19. The normalized spacial score (nSPS) is 11.9. The average molecular weight is 257 g/mol. The van der Waals surface area contributed by atoms with Crippen LogP contribution in [0.4, 0.5) is 5.69 Å². The monoisotopic (exact) mass is 256 g/mol. The Balaban J connectivity index is 2.70. The summed E-state index contributed by atoms with van der Waals surface area (Å²) in [4.78, 5) is 22.1. The maximum absolute atomic E-state index is 11.7. The number of benzene rings is 1. The SMILES string of the molecule is CC(CC(=O)O)NC(=O)c1ccc(N)c(Cl)c1. The van der Waals surface area contributed by atoms with Gasteiger partial charge in [-0.25, -0.2) is 0 Å². The number of hydrogen-bond donors (Lipinski definition) is 3. The van der Waals surface area contributed by atoms with Gasteiger partial charge in [-0.3, -0.25) is 9.59 Å². The summed E-state index contributed by atoms with van der Waals surface area (Å²) in [6.45, 7) is 1.62. The maximum Gasteiger partial charge on any atom is 0.305 e. The van der Waals surface area contributed by atoms with Gasteiger partial charge in [0.25, 0.3) is 5.91 Å². The number of nitrogens with one attached hydrogen (secondary N) is 1. The van der Waals surface area contributed by atoms with E-state index in [0.717, 1.165) is 0 Å². The number of nitrogens with two attached hydrogens (primary N) is 1. The van der Waals surface area contributed by atoms with E-state index in [0.29, 0.717) is 16.3 Å². The van der Waals surface area contributed by atoms with Crippen LogP contribution in [0.2, 0.25) is 5.02 Å². The minimum absolute atomic E-state index is 0.131. The zero-order chi connectivity index (χ0) is 13.0. The summed E-state index contributed by atoms with van der Waals surface area (Å²) in [7, 11) is 0. The number of amides is 1. The standard InChI is InChI=1S/C11H13ClN2O3/c1-6(4-10(15)16)14-11(17)7-2-3-9(13)8(12)5-7/h2-3,5-6H,4,13H2,1H3,(H,14,17)(H,15,16). The molecule has 1 atom stereocenters. The summed E-state index contributed by atoms with van der Waals surface area (Å²) < 4.78 is 0. The van der Waals surface area contributed by atoms with Crippen LogP contribution in [0.1, 0.15) is 23.7 Å². The van der Waals surface area contributed by atoms with Gasteiger partial charge in [-0.15, -0.1) is 0 Å². The Kier molecular flexibility index (Phi) is 4.34. The van der Waals surface area contributed by atoms with E-state index in [1.54, 1.807) is 6.92 Å². The molecule has 0 fully saturated rings. The molecule has 1 aromatic carbocycles. The van der Waals surface area contributed by atoms with Crippen LogP contribution in [0.25, 0.3) is 0 Å². The highest BCUT2D eigenvalue weighted by molar-refractivity contribution is 6.33. The smallest absolute Gasteiger partial charge is 0.305 e. The van der Waals surface area contributed by atoms with Crippen molar-refractivity contribution in [1.29, 1.82) is 0 Å². The topological polar surface area (TPSA) is 92.4 Å². The molecule has 5 nitrogen and oxygen atoms in total. The molecule has 92 valence electrons. The highest BCUT2D eigenvalue weighted by atomic mass is 35.5. The summed E-state index contributed by atoms with van der Waals surface area (Å²) >= 11 is 5.78. The minimum Gasteiger partial charge on any atom is -0.481 e. The quantitative estimate of drug-likeness (QED) is 0.712. The molecular weight excluding hydrogens is 244 g/mol. The third kappa shape index (κ3) is 3.96. The number of carboxylic acids is 1. The first-order valence-electron chi connectivity index (χ1n) is 4.98. The molecule has 0 aliphatic heterocycles. The van der Waals surface area contributed by atoms with Gasteiger partial charge in [-0.05, 0) is 25.1 Å². The van der Waals surface area contributed by atoms with Crippen molar-refractivity contribution >= 4 is 29.2 Å². The van der Waals surface area contributed by atoms with E-state index >= 15 is 0 Å². The first-order valence-corrected chi connectivity index (χ1v) is 5.35. The minimum atomic E-state index is -0.965. The molecule has 0 radical (unpaired) electrons. The molecule has 1 rings (SSSR count). The summed E-state index contributed by atoms with van der Waals surface area (Å²) in [6.07, 6.45) is -0.131. The van der Waals surface area contributed by atoms with Crippen molar-refractivity contribution in [3.05, 3.63) is 28.8 Å². The molecule has 0 aliphatic carbocycles. The lowest BCUT2D eigenvalue weighted by molar-refractivity contribution is -0.137. The number of carbonyl (C=O) groups excluding carboxylic acids is 1. The van der Waals surface area contributed by atoms with Gasteiger partial charge in [-0.2, -0.15) is 0 Å². The molecule has 4 N–H and O–H groups in total. The van der Waals surface area contributed by atoms with E-state index in [2.05, 4.69) is 5.32 Å². The lowest BCUT2D eigenvalue weighted by atomic mass is 10.1. The van der Waals surface area contributed by atoms with E-state index in [1.165, 1.54) is 18.2 Å². The molecule has 1 amide bonds. The molecule has 0 aliphatic rings. The molecule has 6 heteroatoms. The summed E-state index contributed by atoms with van der Waals surface area (Å²) in [5, 5.41) is 11.4. The van der Waals surface area contributed by atoms with Gasteiger partial charge in [0.05, 0.1) is 17.1 Å². The van der Waals surface area contributed by atoms with Crippen LogP contribution in [0.5, 0.6) is 0 Å². The highest BCUT2D eigenvalue weighted by Gasteiger charge is 2.13. The molecule has 0 saturated heterocycles. The first kappa shape index (κ1) is 13.3. The predicted octanol–water partition coefficient (Wildman–Crippen LogP) is 1.52. The molecule has 1 unspecified atom stereocenters. The second-order valence-corrected chi connectivity index (χ2v) is 4.12. The Hall–Kier alpha value is -1.75. The van der Waals surface area contributed by atoms with Crippen molar-refractivity contribution in [2.75, 3.05) is 5.73 Å². The Bertz CT molecular complexity index is 448. The number of hydrogen-bond acceptors (Lipinski definition) is 3. The van der Waals surface area contributed by atoms with Gasteiger partial charge in [-0.1, -0.05) is 11.6 Å². The van der Waals surface area contributed by atoms with Gasteiger partial charge in [0.2, 0.25) is 0 Å². The molecule has 0 bridgehead atoms. The van der Waals surface area contributed by atoms with E-state index in [9.17, 15) is 9.59 Å². The predicted molar refractivity (Wildman–Crippen MR) is 65.0 cm³/mol. The van der Waals surface area contributed by atoms with Crippen molar-refractivity contribution in [3.8, 4) is 0 Å². The Morgan fingerprint density at radius 1 is 1.53 bits per heavy atom. The number of carbonyl (C=O) groups is 2. The average Bonchev–Trinajstić information content (AvgIpc) is 2.20. The number of nitrogen functional groups attached to an aromatic ring is 1. The van der Waals surface area contributed by atoms with Crippen molar-refractivity contribution in [2.45, 2.75) is 19.4 Å². The third-order valence-corrected chi connectivity index (χ3v) is 2.45. The van der Waals surface area contributed by atoms with Gasteiger partial charge in [0, 0.05) is 11.6 Å². The van der Waals surface area contributed by atoms with E-state index in [-0.39, 0.29) is 12.3 Å². The largest absolute Gasteiger partial charge is 0.481 e. The number of carboxylic acid groups (broad SMARTS) is 1. The number of aliphatic carboxylic acids is 1. The van der Waals surface area contributed by atoms with Gasteiger partial charge in [0.15, 0.2) is 0 Å². The number of rotatable bonds is 4. The number of anilines is 1. The maximum atomic E-state index is 11.7. The number of halogens is 1. The van der Waals surface area contributed by atoms with Crippen molar-refractivity contribution in [3.63, 3.8) is 0 Å². The van der Waals surface area contributed by atoms with Crippen LogP contribution in [0, 0.1) is 0 Å². The van der Waals surface area contributed by atoms with Crippen molar-refractivity contribution in [2.24, 2.45) is 0 Å². The van der Waals surface area contributed by atoms with E-state index < -0.39 is 12.0 Å². The summed E-state index contributed by atoms with van der Waals surface area (Å²) in [5.74, 6) is -1.34. The van der Waals surface area contributed by atoms with E-state index in [1.807, 2.05) is 0 Å². The molecule has 1 aromatic rings. The lowest BCUT2D eigenvalue weighted by Crippen LogP contribution is -2.34. The Morgan fingerprint density at radius 2 is 2.18 bits per heavy atom. The van der Waals surface area contributed by atoms with E-state index in [4.69, 9.17) is 22.4 Å². The second-order valence-electron chi connectivity index (χ2n) is 3.71. The summed E-state index contributed by atoms with van der Waals surface area (Å²) in [5.41, 5.74) is 6.25. The lowest BCUT2D eigenvalue weighted by Gasteiger charge is -2.11. The molecule has 0 spiro atoms. The van der Waals surface area contributed by atoms with Gasteiger partial charge >= 0.3 is 5.97 Å². The van der Waals surface area contributed by atoms with Crippen LogP contribution in [-0.4, -0.2) is 23.0 Å². The van der Waals surface area contributed by atoms with Crippen molar-refractivity contribution in [1.82, 2.24) is 5.32 Å². The third-order valence-electron chi connectivity index (χ3n) is 2.12. The molecule has 0 heterocycles. The van der Waals surface area contributed by atoms with Crippen LogP contribution >= 0.6 is 11.6 Å². The Morgan fingerprint density at radius 3 is 2.71 bits per heavy atom. The van der Waals surface area contributed by atoms with Crippen LogP contribution in [-0.2, 0) is 4.79 Å². The summed E-state index contributed by atoms with van der Waals surface area (Å²) in [6, 6.07) is 4.05. The second kappa shape index (κ2) is 5.54. The Labute approximate surface area is 104 Å². The first-order chi connectivity index (χ1) is 7.90. The van der Waals surface area contributed by atoms with Crippen LogP contribution in [0.3, 0.4) is 0 Å².